The van der Waals surface area contributed by atoms with Crippen molar-refractivity contribution in [3.8, 4) is 0 Å². The first-order valence-corrected chi connectivity index (χ1v) is 4.68. The molecule has 0 aliphatic heterocycles. The fraction of sp³-hybridized carbons (Fsp3) is 0.182. The van der Waals surface area contributed by atoms with Crippen LogP contribution in [0.1, 0.15) is 10.4 Å². The quantitative estimate of drug-likeness (QED) is 0.393. The molecule has 7 heteroatoms. The molecule has 0 spiro atoms. The van der Waals surface area contributed by atoms with Crippen LogP contribution in [0, 0.1) is 5.82 Å². The van der Waals surface area contributed by atoms with Crippen molar-refractivity contribution >= 4 is 5.78 Å². The molecule has 0 aromatic heterocycles. The Morgan fingerprint density at radius 3 is 2.33 bits per heavy atom. The number of alkyl halides is 3. The molecule has 0 saturated carbocycles. The summed E-state index contributed by atoms with van der Waals surface area (Å²) in [7, 11) is 0. The number of hydrogen-bond acceptors (Lipinski definition) is 3. The number of aliphatic hydroxyl groups excluding tert-OH is 1. The van der Waals surface area contributed by atoms with E-state index in [-0.39, 0.29) is 5.56 Å². The van der Waals surface area contributed by atoms with E-state index >= 15 is 0 Å². The van der Waals surface area contributed by atoms with Gasteiger partial charge in [0.05, 0.1) is 6.08 Å². The largest absolute Gasteiger partial charge is 0.481 e. The Morgan fingerprint density at radius 2 is 1.83 bits per heavy atom. The fourth-order valence-corrected chi connectivity index (χ4v) is 1.01. The first-order chi connectivity index (χ1) is 8.28. The van der Waals surface area contributed by atoms with Gasteiger partial charge in [-0.3, -0.25) is 4.79 Å². The van der Waals surface area contributed by atoms with Gasteiger partial charge in [-0.1, -0.05) is 0 Å². The molecule has 0 bridgehead atoms. The van der Waals surface area contributed by atoms with E-state index in [9.17, 15) is 22.4 Å². The molecule has 0 amide bonds. The zero-order valence-electron chi connectivity index (χ0n) is 8.87. The van der Waals surface area contributed by atoms with Crippen LogP contribution in [0.3, 0.4) is 0 Å². The van der Waals surface area contributed by atoms with Crippen molar-refractivity contribution in [2.24, 2.45) is 0 Å². The summed E-state index contributed by atoms with van der Waals surface area (Å²) in [4.78, 5) is 11.4. The number of aliphatic hydroxyl groups is 1. The highest BCUT2D eigenvalue weighted by Crippen LogP contribution is 2.16. The smallest absolute Gasteiger partial charge is 0.422 e. The predicted molar refractivity (Wildman–Crippen MR) is 53.4 cm³/mol. The number of ketones is 1. The topological polar surface area (TPSA) is 46.5 Å². The van der Waals surface area contributed by atoms with Crippen molar-refractivity contribution in [1.29, 1.82) is 0 Å². The van der Waals surface area contributed by atoms with E-state index in [0.29, 0.717) is 6.08 Å². The molecule has 18 heavy (non-hydrogen) atoms. The van der Waals surface area contributed by atoms with Crippen LogP contribution in [0.15, 0.2) is 36.3 Å². The highest BCUT2D eigenvalue weighted by Gasteiger charge is 2.28. The average molecular weight is 264 g/mol. The molecule has 0 saturated heterocycles. The molecule has 0 aliphatic rings. The van der Waals surface area contributed by atoms with Crippen LogP contribution in [-0.2, 0) is 4.74 Å². The summed E-state index contributed by atoms with van der Waals surface area (Å²) < 4.78 is 51.7. The normalized spacial score (nSPS) is 12.3. The number of halogens is 4. The molecule has 0 radical (unpaired) electrons. The zero-order chi connectivity index (χ0) is 13.8. The predicted octanol–water partition coefficient (Wildman–Crippen LogP) is 2.99. The third kappa shape index (κ3) is 4.86. The number of ether oxygens (including phenoxy) is 1. The van der Waals surface area contributed by atoms with E-state index in [1.54, 1.807) is 0 Å². The van der Waals surface area contributed by atoms with Crippen molar-refractivity contribution in [3.05, 3.63) is 47.7 Å². The Balaban J connectivity index is 2.65. The van der Waals surface area contributed by atoms with Gasteiger partial charge in [-0.25, -0.2) is 4.39 Å². The van der Waals surface area contributed by atoms with Crippen molar-refractivity contribution in [2.45, 2.75) is 6.18 Å². The van der Waals surface area contributed by atoms with E-state index in [1.807, 2.05) is 0 Å². The SMILES string of the molecule is O=C(/C=C(\O)OCC(F)(F)F)c1ccc(F)cc1. The molecule has 1 rings (SSSR count). The second kappa shape index (κ2) is 5.52. The molecule has 1 N–H and O–H groups in total. The second-order valence-electron chi connectivity index (χ2n) is 3.26. The Kier molecular flexibility index (Phi) is 4.30. The van der Waals surface area contributed by atoms with Gasteiger partial charge in [0.2, 0.25) is 0 Å². The Morgan fingerprint density at radius 1 is 1.28 bits per heavy atom. The monoisotopic (exact) mass is 264 g/mol. The lowest BCUT2D eigenvalue weighted by Gasteiger charge is -2.07. The number of benzene rings is 1. The molecule has 1 aromatic carbocycles. The minimum atomic E-state index is -4.61. The van der Waals surface area contributed by atoms with Crippen molar-refractivity contribution in [2.75, 3.05) is 6.61 Å². The Hall–Kier alpha value is -2.05. The van der Waals surface area contributed by atoms with Gasteiger partial charge in [0.15, 0.2) is 12.4 Å². The lowest BCUT2D eigenvalue weighted by Crippen LogP contribution is -2.17. The summed E-state index contributed by atoms with van der Waals surface area (Å²) in [5.74, 6) is -2.51. The van der Waals surface area contributed by atoms with E-state index in [0.717, 1.165) is 24.3 Å². The average Bonchev–Trinajstić information content (AvgIpc) is 2.26. The summed E-state index contributed by atoms with van der Waals surface area (Å²) in [6.45, 7) is -1.70. The van der Waals surface area contributed by atoms with Gasteiger partial charge in [-0.15, -0.1) is 0 Å². The van der Waals surface area contributed by atoms with Gasteiger partial charge in [0.25, 0.3) is 5.95 Å². The van der Waals surface area contributed by atoms with Gasteiger partial charge in [0, 0.05) is 5.56 Å². The van der Waals surface area contributed by atoms with Crippen LogP contribution >= 0.6 is 0 Å². The maximum atomic E-state index is 12.5. The lowest BCUT2D eigenvalue weighted by atomic mass is 10.1. The molecular weight excluding hydrogens is 256 g/mol. The summed E-state index contributed by atoms with van der Waals surface area (Å²) in [5.41, 5.74) is 0.0126. The maximum absolute atomic E-state index is 12.5. The first kappa shape index (κ1) is 14.0. The van der Waals surface area contributed by atoms with Crippen LogP contribution in [0.4, 0.5) is 17.6 Å². The van der Waals surface area contributed by atoms with Crippen LogP contribution in [-0.4, -0.2) is 23.7 Å². The molecule has 0 heterocycles. The van der Waals surface area contributed by atoms with Crippen LogP contribution in [0.5, 0.6) is 0 Å². The molecular formula is C11H8F4O3. The third-order valence-electron chi connectivity index (χ3n) is 1.77. The second-order valence-corrected chi connectivity index (χ2v) is 3.26. The van der Waals surface area contributed by atoms with E-state index in [4.69, 9.17) is 5.11 Å². The van der Waals surface area contributed by atoms with Crippen molar-refractivity contribution < 1.29 is 32.2 Å². The lowest BCUT2D eigenvalue weighted by molar-refractivity contribution is -0.173. The molecule has 0 aliphatic carbocycles. The number of hydrogen-bond donors (Lipinski definition) is 1. The molecule has 0 atom stereocenters. The number of rotatable bonds is 4. The van der Waals surface area contributed by atoms with Crippen LogP contribution in [0.2, 0.25) is 0 Å². The summed E-state index contributed by atoms with van der Waals surface area (Å²) in [5, 5.41) is 8.94. The molecule has 3 nitrogen and oxygen atoms in total. The number of allylic oxidation sites excluding steroid dienone is 1. The van der Waals surface area contributed by atoms with Crippen molar-refractivity contribution in [1.82, 2.24) is 0 Å². The summed E-state index contributed by atoms with van der Waals surface area (Å²) >= 11 is 0. The Labute approximate surface area is 99.3 Å². The minimum Gasteiger partial charge on any atom is -0.481 e. The van der Waals surface area contributed by atoms with Gasteiger partial charge >= 0.3 is 6.18 Å². The summed E-state index contributed by atoms with van der Waals surface area (Å²) in [6.07, 6.45) is -4.13. The van der Waals surface area contributed by atoms with E-state index < -0.39 is 30.3 Å². The molecule has 0 fully saturated rings. The third-order valence-corrected chi connectivity index (χ3v) is 1.77. The fourth-order valence-electron chi connectivity index (χ4n) is 1.01. The van der Waals surface area contributed by atoms with E-state index in [2.05, 4.69) is 4.74 Å². The van der Waals surface area contributed by atoms with Crippen LogP contribution in [0.25, 0.3) is 0 Å². The van der Waals surface area contributed by atoms with Crippen LogP contribution < -0.4 is 0 Å². The summed E-state index contributed by atoms with van der Waals surface area (Å²) in [6, 6.07) is 4.28. The molecule has 0 unspecified atom stereocenters. The molecule has 98 valence electrons. The maximum Gasteiger partial charge on any atom is 0.422 e. The minimum absolute atomic E-state index is 0.0126. The zero-order valence-corrected chi connectivity index (χ0v) is 8.87. The van der Waals surface area contributed by atoms with Crippen molar-refractivity contribution in [3.63, 3.8) is 0 Å². The number of carbonyl (C=O) groups is 1. The Bertz CT molecular complexity index is 448. The highest BCUT2D eigenvalue weighted by molar-refractivity contribution is 6.04. The van der Waals surface area contributed by atoms with Gasteiger partial charge < -0.3 is 9.84 Å². The first-order valence-electron chi connectivity index (χ1n) is 4.68. The van der Waals surface area contributed by atoms with Gasteiger partial charge in [0.1, 0.15) is 5.82 Å². The van der Waals surface area contributed by atoms with Gasteiger partial charge in [-0.05, 0) is 24.3 Å². The van der Waals surface area contributed by atoms with Gasteiger partial charge in [-0.2, -0.15) is 13.2 Å². The highest BCUT2D eigenvalue weighted by atomic mass is 19.4. The molecule has 1 aromatic rings. The number of carbonyl (C=O) groups excluding carboxylic acids is 1. The standard InChI is InChI=1S/C11H8F4O3/c12-8-3-1-7(2-4-8)9(16)5-10(17)18-6-11(13,14)15/h1-5,17H,6H2/b10-5+. The van der Waals surface area contributed by atoms with E-state index in [1.165, 1.54) is 0 Å².